The van der Waals surface area contributed by atoms with E-state index < -0.39 is 5.97 Å². The summed E-state index contributed by atoms with van der Waals surface area (Å²) in [5, 5.41) is 24.7. The topological polar surface area (TPSA) is 101 Å². The van der Waals surface area contributed by atoms with Crippen LogP contribution in [-0.2, 0) is 4.74 Å². The van der Waals surface area contributed by atoms with Gasteiger partial charge >= 0.3 is 5.97 Å². The first kappa shape index (κ1) is 15.6. The number of esters is 1. The van der Waals surface area contributed by atoms with E-state index in [-0.39, 0.29) is 11.4 Å². The number of carbonyl (C=O) groups excluding carboxylic acids is 1. The molecule has 0 saturated carbocycles. The summed E-state index contributed by atoms with van der Waals surface area (Å²) in [5.41, 5.74) is 2.75. The van der Waals surface area contributed by atoms with Crippen LogP contribution in [0.1, 0.15) is 16.1 Å². The maximum atomic E-state index is 12.0. The summed E-state index contributed by atoms with van der Waals surface area (Å²) in [7, 11) is 1.24. The predicted octanol–water partition coefficient (Wildman–Crippen LogP) is 2.91. The number of aromatic nitrogens is 3. The number of carbonyl (C=O) groups is 1. The van der Waals surface area contributed by atoms with E-state index in [4.69, 9.17) is 10.00 Å². The number of ether oxygens (including phenoxy) is 1. The van der Waals surface area contributed by atoms with Gasteiger partial charge in [-0.3, -0.25) is 0 Å². The fourth-order valence-electron chi connectivity index (χ4n) is 2.95. The van der Waals surface area contributed by atoms with Gasteiger partial charge in [-0.25, -0.2) is 14.3 Å². The van der Waals surface area contributed by atoms with Gasteiger partial charge in [0.2, 0.25) is 0 Å². The van der Waals surface area contributed by atoms with Crippen LogP contribution < -0.4 is 0 Å². The molecule has 0 aliphatic rings. The van der Waals surface area contributed by atoms with E-state index in [1.165, 1.54) is 18.0 Å². The minimum atomic E-state index is -0.698. The quantitative estimate of drug-likeness (QED) is 0.561. The molecule has 7 heteroatoms. The van der Waals surface area contributed by atoms with Crippen LogP contribution in [0.5, 0.6) is 5.75 Å². The minimum absolute atomic E-state index is 0.0707. The third-order valence-electron chi connectivity index (χ3n) is 4.23. The molecule has 0 aliphatic heterocycles. The Morgan fingerprint density at radius 1 is 1.15 bits per heavy atom. The molecule has 0 unspecified atom stereocenters. The maximum absolute atomic E-state index is 12.0. The van der Waals surface area contributed by atoms with Crippen LogP contribution in [-0.4, -0.2) is 32.8 Å². The Balaban J connectivity index is 1.99. The molecule has 0 amide bonds. The molecule has 0 fully saturated rings. The highest BCUT2D eigenvalue weighted by atomic mass is 16.5. The van der Waals surface area contributed by atoms with E-state index in [1.807, 2.05) is 24.3 Å². The fourth-order valence-corrected chi connectivity index (χ4v) is 2.95. The molecule has 126 valence electrons. The molecule has 0 aliphatic carbocycles. The first-order valence-corrected chi connectivity index (χ1v) is 7.71. The average Bonchev–Trinajstić information content (AvgIpc) is 3.17. The summed E-state index contributed by atoms with van der Waals surface area (Å²) < 4.78 is 6.01. The molecular formula is C19H12N4O3. The zero-order valence-electron chi connectivity index (χ0n) is 13.7. The maximum Gasteiger partial charge on any atom is 0.360 e. The van der Waals surface area contributed by atoms with Gasteiger partial charge in [-0.05, 0) is 35.4 Å². The second-order valence-corrected chi connectivity index (χ2v) is 5.63. The molecule has 26 heavy (non-hydrogen) atoms. The van der Waals surface area contributed by atoms with Crippen LogP contribution in [0, 0.1) is 11.3 Å². The van der Waals surface area contributed by atoms with Crippen LogP contribution in [0.2, 0.25) is 0 Å². The van der Waals surface area contributed by atoms with Crippen molar-refractivity contribution in [3.05, 3.63) is 60.0 Å². The van der Waals surface area contributed by atoms with Crippen molar-refractivity contribution in [2.24, 2.45) is 0 Å². The second kappa shape index (κ2) is 5.86. The second-order valence-electron chi connectivity index (χ2n) is 5.63. The van der Waals surface area contributed by atoms with E-state index >= 15 is 0 Å². The van der Waals surface area contributed by atoms with Gasteiger partial charge in [-0.1, -0.05) is 18.2 Å². The van der Waals surface area contributed by atoms with Gasteiger partial charge in [0.25, 0.3) is 0 Å². The van der Waals surface area contributed by atoms with E-state index in [0.29, 0.717) is 22.0 Å². The van der Waals surface area contributed by atoms with Crippen molar-refractivity contribution in [3.63, 3.8) is 0 Å². The van der Waals surface area contributed by atoms with Crippen LogP contribution >= 0.6 is 0 Å². The summed E-state index contributed by atoms with van der Waals surface area (Å²) in [4.78, 5) is 16.3. The Morgan fingerprint density at radius 2 is 1.88 bits per heavy atom. The minimum Gasteiger partial charge on any atom is -0.505 e. The van der Waals surface area contributed by atoms with Crippen molar-refractivity contribution in [2.45, 2.75) is 0 Å². The number of aromatic hydroxyl groups is 1. The molecule has 0 atom stereocenters. The lowest BCUT2D eigenvalue weighted by Crippen LogP contribution is -2.10. The highest BCUT2D eigenvalue weighted by molar-refractivity contribution is 6.06. The third kappa shape index (κ3) is 2.24. The lowest BCUT2D eigenvalue weighted by molar-refractivity contribution is 0.0587. The number of rotatable bonds is 2. The molecule has 4 aromatic rings. The van der Waals surface area contributed by atoms with Gasteiger partial charge in [0.05, 0.1) is 18.7 Å². The van der Waals surface area contributed by atoms with Crippen LogP contribution in [0.4, 0.5) is 0 Å². The van der Waals surface area contributed by atoms with Crippen molar-refractivity contribution in [1.82, 2.24) is 14.6 Å². The van der Waals surface area contributed by atoms with Gasteiger partial charge < -0.3 is 9.84 Å². The lowest BCUT2D eigenvalue weighted by Gasteiger charge is -2.11. The molecule has 0 spiro atoms. The first-order chi connectivity index (χ1) is 12.6. The Morgan fingerprint density at radius 3 is 2.58 bits per heavy atom. The number of pyridine rings is 1. The van der Waals surface area contributed by atoms with Crippen LogP contribution in [0.3, 0.4) is 0 Å². The molecule has 0 saturated heterocycles. The zero-order valence-corrected chi connectivity index (χ0v) is 13.7. The van der Waals surface area contributed by atoms with E-state index in [2.05, 4.69) is 16.2 Å². The molecule has 7 nitrogen and oxygen atoms in total. The number of methoxy groups -OCH3 is 1. The monoisotopic (exact) mass is 344 g/mol. The first-order valence-electron chi connectivity index (χ1n) is 7.71. The summed E-state index contributed by atoms with van der Waals surface area (Å²) in [5.74, 6) is -0.910. The smallest absolute Gasteiger partial charge is 0.360 e. The summed E-state index contributed by atoms with van der Waals surface area (Å²) in [6, 6.07) is 14.7. The van der Waals surface area contributed by atoms with Crippen molar-refractivity contribution >= 4 is 22.4 Å². The molecule has 0 radical (unpaired) electrons. The number of nitriles is 1. The third-order valence-corrected chi connectivity index (χ3v) is 4.23. The zero-order chi connectivity index (χ0) is 18.3. The Kier molecular flexibility index (Phi) is 3.52. The average molecular weight is 344 g/mol. The molecule has 2 aromatic carbocycles. The summed E-state index contributed by atoms with van der Waals surface area (Å²) >= 11 is 0. The van der Waals surface area contributed by atoms with Gasteiger partial charge in [-0.15, -0.1) is 0 Å². The molecule has 1 N–H and O–H groups in total. The van der Waals surface area contributed by atoms with Crippen LogP contribution in [0.15, 0.2) is 48.8 Å². The van der Waals surface area contributed by atoms with Crippen LogP contribution in [0.25, 0.3) is 27.5 Å². The highest BCUT2D eigenvalue weighted by Gasteiger charge is 2.22. The molecule has 0 bridgehead atoms. The van der Waals surface area contributed by atoms with E-state index in [0.717, 1.165) is 11.1 Å². The van der Waals surface area contributed by atoms with Crippen molar-refractivity contribution in [3.8, 4) is 22.9 Å². The highest BCUT2D eigenvalue weighted by Crippen LogP contribution is 2.34. The molecular weight excluding hydrogens is 332 g/mol. The van der Waals surface area contributed by atoms with E-state index in [1.54, 1.807) is 18.2 Å². The van der Waals surface area contributed by atoms with Crippen molar-refractivity contribution in [2.75, 3.05) is 7.11 Å². The van der Waals surface area contributed by atoms with Crippen molar-refractivity contribution < 1.29 is 14.6 Å². The van der Waals surface area contributed by atoms with Gasteiger partial charge in [0, 0.05) is 10.8 Å². The molecule has 2 aromatic heterocycles. The predicted molar refractivity (Wildman–Crippen MR) is 93.6 cm³/mol. The summed E-state index contributed by atoms with van der Waals surface area (Å²) in [6.07, 6.45) is 1.31. The largest absolute Gasteiger partial charge is 0.505 e. The lowest BCUT2D eigenvalue weighted by atomic mass is 10.00. The van der Waals surface area contributed by atoms with E-state index in [9.17, 15) is 9.90 Å². The standard InChI is InChI=1S/C19H12N4O3/c1-26-19(25)16-17(24)14-7-6-13(12-4-2-11(9-20)3-5-12)8-15(14)18-21-10-22-23(16)18/h2-8,10,24H,1H3. The molecule has 4 rings (SSSR count). The Labute approximate surface area is 147 Å². The SMILES string of the molecule is COC(=O)c1c(O)c2ccc(-c3ccc(C#N)cc3)cc2c2ncnn12. The fraction of sp³-hybridized carbons (Fsp3) is 0.0526. The van der Waals surface area contributed by atoms with Gasteiger partial charge in [-0.2, -0.15) is 10.4 Å². The number of nitrogens with zero attached hydrogens (tertiary/aromatic N) is 4. The normalized spacial score (nSPS) is 10.8. The number of fused-ring (bicyclic) bond motifs is 3. The van der Waals surface area contributed by atoms with Gasteiger partial charge in [0.1, 0.15) is 6.33 Å². The summed E-state index contributed by atoms with van der Waals surface area (Å²) in [6.45, 7) is 0. The number of hydrogen-bond donors (Lipinski definition) is 1. The Hall–Kier alpha value is -3.92. The number of hydrogen-bond acceptors (Lipinski definition) is 6. The molecule has 2 heterocycles. The number of benzene rings is 2. The van der Waals surface area contributed by atoms with Gasteiger partial charge in [0.15, 0.2) is 17.1 Å². The van der Waals surface area contributed by atoms with Crippen molar-refractivity contribution in [1.29, 1.82) is 5.26 Å². The Bertz CT molecular complexity index is 1200.